The molecule has 2 N–H and O–H groups in total. The zero-order valence-electron chi connectivity index (χ0n) is 25.7. The molecule has 0 bridgehead atoms. The predicted molar refractivity (Wildman–Crippen MR) is 163 cm³/mol. The Balaban J connectivity index is 1.73. The highest BCUT2D eigenvalue weighted by molar-refractivity contribution is 5.88. The number of nitrogens with zero attached hydrogens (tertiary/aromatic N) is 2. The van der Waals surface area contributed by atoms with E-state index < -0.39 is 23.6 Å². The Morgan fingerprint density at radius 3 is 2.07 bits per heavy atom. The molecule has 8 nitrogen and oxygen atoms in total. The average Bonchev–Trinajstić information content (AvgIpc) is 2.91. The Morgan fingerprint density at radius 1 is 0.952 bits per heavy atom. The molecule has 0 spiro atoms. The summed E-state index contributed by atoms with van der Waals surface area (Å²) in [5.41, 5.74) is 5.40. The summed E-state index contributed by atoms with van der Waals surface area (Å²) in [5, 5.41) is 19.5. The highest BCUT2D eigenvalue weighted by Gasteiger charge is 2.36. The van der Waals surface area contributed by atoms with Gasteiger partial charge in [0.2, 0.25) is 0 Å². The van der Waals surface area contributed by atoms with E-state index in [1.54, 1.807) is 24.3 Å². The van der Waals surface area contributed by atoms with E-state index in [9.17, 15) is 14.7 Å². The lowest BCUT2D eigenvalue weighted by Gasteiger charge is -2.41. The van der Waals surface area contributed by atoms with Gasteiger partial charge in [0, 0.05) is 35.6 Å². The SMILES string of the molecule is Cc1nc(C)c([C@H](OC(C)(C)C)C(=O)O)c(N2CCC(C)(C)CC2)c1-c1ccc(OCc2ccc(C(=O)O)cc2)cc1. The third-order valence-corrected chi connectivity index (χ3v) is 7.72. The maximum absolute atomic E-state index is 12.7. The summed E-state index contributed by atoms with van der Waals surface area (Å²) in [6.45, 7) is 15.9. The molecular weight excluding hydrogens is 532 g/mol. The van der Waals surface area contributed by atoms with Crippen LogP contribution in [-0.2, 0) is 16.1 Å². The number of hydrogen-bond donors (Lipinski definition) is 2. The van der Waals surface area contributed by atoms with Crippen molar-refractivity contribution in [3.05, 3.63) is 76.6 Å². The normalized spacial score (nSPS) is 15.7. The van der Waals surface area contributed by atoms with Gasteiger partial charge < -0.3 is 24.6 Å². The van der Waals surface area contributed by atoms with Crippen molar-refractivity contribution in [1.29, 1.82) is 0 Å². The lowest BCUT2D eigenvalue weighted by atomic mass is 9.82. The quantitative estimate of drug-likeness (QED) is 0.276. The zero-order valence-corrected chi connectivity index (χ0v) is 25.7. The van der Waals surface area contributed by atoms with Gasteiger partial charge in [-0.1, -0.05) is 38.1 Å². The van der Waals surface area contributed by atoms with Crippen LogP contribution in [0.3, 0.4) is 0 Å². The summed E-state index contributed by atoms with van der Waals surface area (Å²) in [6.07, 6.45) is 0.811. The smallest absolute Gasteiger partial charge is 0.337 e. The highest BCUT2D eigenvalue weighted by Crippen LogP contribution is 2.45. The standard InChI is InChI=1S/C34H42N2O6/c1-21-27(24-12-14-26(15-13-24)41-20-23-8-10-25(11-9-23)31(37)38)29(36-18-16-34(6,7)17-19-36)28(22(2)35-21)30(32(39)40)42-33(3,4)5/h8-15,30H,16-20H2,1-7H3,(H,37,38)(H,39,40)/t30-/m0/s1. The van der Waals surface area contributed by atoms with Gasteiger partial charge in [0.15, 0.2) is 6.10 Å². The van der Waals surface area contributed by atoms with Gasteiger partial charge in [-0.3, -0.25) is 4.98 Å². The number of carboxylic acids is 2. The maximum atomic E-state index is 12.7. The first-order chi connectivity index (χ1) is 19.6. The molecule has 0 saturated carbocycles. The highest BCUT2D eigenvalue weighted by atomic mass is 16.5. The van der Waals surface area contributed by atoms with Crippen LogP contribution < -0.4 is 9.64 Å². The van der Waals surface area contributed by atoms with Gasteiger partial charge in [0.1, 0.15) is 12.4 Å². The second-order valence-corrected chi connectivity index (χ2v) is 12.8. The van der Waals surface area contributed by atoms with Crippen LogP contribution in [0.5, 0.6) is 5.75 Å². The van der Waals surface area contributed by atoms with Gasteiger partial charge in [0.25, 0.3) is 0 Å². The van der Waals surface area contributed by atoms with E-state index in [0.717, 1.165) is 54.0 Å². The Kier molecular flexibility index (Phi) is 8.97. The van der Waals surface area contributed by atoms with E-state index in [1.807, 2.05) is 58.9 Å². The minimum absolute atomic E-state index is 0.217. The van der Waals surface area contributed by atoms with Crippen molar-refractivity contribution >= 4 is 17.6 Å². The van der Waals surface area contributed by atoms with E-state index >= 15 is 0 Å². The number of aryl methyl sites for hydroxylation is 2. The van der Waals surface area contributed by atoms with Crippen LogP contribution in [0.4, 0.5) is 5.69 Å². The first-order valence-corrected chi connectivity index (χ1v) is 14.4. The fraction of sp³-hybridized carbons (Fsp3) is 0.441. The predicted octanol–water partition coefficient (Wildman–Crippen LogP) is 7.21. The minimum atomic E-state index is -1.17. The summed E-state index contributed by atoms with van der Waals surface area (Å²) in [7, 11) is 0. The number of carbonyl (C=O) groups is 2. The number of aromatic nitrogens is 1. The van der Waals surface area contributed by atoms with Crippen LogP contribution in [0.25, 0.3) is 11.1 Å². The minimum Gasteiger partial charge on any atom is -0.489 e. The molecule has 1 aliphatic rings. The second-order valence-electron chi connectivity index (χ2n) is 12.8. The molecule has 2 heterocycles. The van der Waals surface area contributed by atoms with E-state index in [0.29, 0.717) is 23.6 Å². The van der Waals surface area contributed by atoms with E-state index in [-0.39, 0.29) is 11.0 Å². The summed E-state index contributed by atoms with van der Waals surface area (Å²) < 4.78 is 12.1. The summed E-state index contributed by atoms with van der Waals surface area (Å²) in [4.78, 5) is 30.9. The number of rotatable bonds is 9. The Bertz CT molecular complexity index is 1430. The van der Waals surface area contributed by atoms with Crippen LogP contribution in [-0.4, -0.2) is 45.8 Å². The number of ether oxygens (including phenoxy) is 2. The molecule has 224 valence electrons. The van der Waals surface area contributed by atoms with Crippen molar-refractivity contribution in [3.63, 3.8) is 0 Å². The second kappa shape index (κ2) is 12.1. The molecule has 42 heavy (non-hydrogen) atoms. The summed E-state index contributed by atoms with van der Waals surface area (Å²) in [5.74, 6) is -1.34. The van der Waals surface area contributed by atoms with Crippen LogP contribution in [0.2, 0.25) is 0 Å². The summed E-state index contributed by atoms with van der Waals surface area (Å²) >= 11 is 0. The van der Waals surface area contributed by atoms with Gasteiger partial charge in [0.05, 0.1) is 16.9 Å². The molecule has 0 amide bonds. The number of hydrogen-bond acceptors (Lipinski definition) is 6. The Labute approximate surface area is 248 Å². The average molecular weight is 575 g/mol. The molecule has 1 saturated heterocycles. The molecule has 0 aliphatic carbocycles. The number of piperidine rings is 1. The lowest BCUT2D eigenvalue weighted by Crippen LogP contribution is -2.39. The van der Waals surface area contributed by atoms with Crippen molar-refractivity contribution < 1.29 is 29.3 Å². The molecule has 3 aromatic rings. The van der Waals surface area contributed by atoms with Crippen LogP contribution in [0, 0.1) is 19.3 Å². The van der Waals surface area contributed by atoms with Crippen molar-refractivity contribution in [3.8, 4) is 16.9 Å². The van der Waals surface area contributed by atoms with Gasteiger partial charge in [-0.25, -0.2) is 9.59 Å². The molecule has 1 atom stereocenters. The Morgan fingerprint density at radius 2 is 1.55 bits per heavy atom. The number of aromatic carboxylic acids is 1. The fourth-order valence-corrected chi connectivity index (χ4v) is 5.38. The van der Waals surface area contributed by atoms with E-state index in [4.69, 9.17) is 19.6 Å². The zero-order chi connectivity index (χ0) is 30.8. The molecule has 1 aliphatic heterocycles. The van der Waals surface area contributed by atoms with Crippen LogP contribution >= 0.6 is 0 Å². The maximum Gasteiger partial charge on any atom is 0.337 e. The van der Waals surface area contributed by atoms with Gasteiger partial charge in [-0.05, 0) is 88.3 Å². The van der Waals surface area contributed by atoms with Crippen molar-refractivity contribution in [2.24, 2.45) is 5.41 Å². The molecule has 0 unspecified atom stereocenters. The van der Waals surface area contributed by atoms with Crippen molar-refractivity contribution in [2.45, 2.75) is 79.6 Å². The van der Waals surface area contributed by atoms with Crippen molar-refractivity contribution in [1.82, 2.24) is 4.98 Å². The van der Waals surface area contributed by atoms with Crippen molar-refractivity contribution in [2.75, 3.05) is 18.0 Å². The first-order valence-electron chi connectivity index (χ1n) is 14.4. The lowest BCUT2D eigenvalue weighted by molar-refractivity contribution is -0.160. The number of anilines is 1. The molecule has 1 aromatic heterocycles. The number of pyridine rings is 1. The number of benzene rings is 2. The van der Waals surface area contributed by atoms with Gasteiger partial charge in [-0.2, -0.15) is 0 Å². The monoisotopic (exact) mass is 574 g/mol. The molecular formula is C34H42N2O6. The third-order valence-electron chi connectivity index (χ3n) is 7.72. The fourth-order valence-electron chi connectivity index (χ4n) is 5.38. The van der Waals surface area contributed by atoms with Gasteiger partial charge >= 0.3 is 11.9 Å². The van der Waals surface area contributed by atoms with E-state index in [1.165, 1.54) is 0 Å². The van der Waals surface area contributed by atoms with Crippen LogP contribution in [0.15, 0.2) is 48.5 Å². The topological polar surface area (TPSA) is 109 Å². The molecule has 4 rings (SSSR count). The Hall–Kier alpha value is -3.91. The third kappa shape index (κ3) is 7.29. The molecule has 8 heteroatoms. The van der Waals surface area contributed by atoms with Crippen LogP contribution in [0.1, 0.15) is 86.4 Å². The molecule has 0 radical (unpaired) electrons. The van der Waals surface area contributed by atoms with Gasteiger partial charge in [-0.15, -0.1) is 0 Å². The molecule has 2 aromatic carbocycles. The van der Waals surface area contributed by atoms with E-state index in [2.05, 4.69) is 18.7 Å². The first kappa shape index (κ1) is 31.0. The largest absolute Gasteiger partial charge is 0.489 e. The number of aliphatic carboxylic acids is 1. The molecule has 1 fully saturated rings. The summed E-state index contributed by atoms with van der Waals surface area (Å²) in [6, 6.07) is 14.3. The number of carboxylic acid groups (broad SMARTS) is 2.